The van der Waals surface area contributed by atoms with Crippen LogP contribution >= 0.6 is 0 Å². The Hall–Kier alpha value is -2.22. The highest BCUT2D eigenvalue weighted by atomic mass is 32.8. The molecule has 0 aromatic heterocycles. The van der Waals surface area contributed by atoms with E-state index in [9.17, 15) is 20.0 Å². The molecule has 2 amide bonds. The number of carbonyl (C=O) groups excluding carboxylic acids is 2. The summed E-state index contributed by atoms with van der Waals surface area (Å²) in [5.74, 6) is 0.656. The molecular weight excluding hydrogens is 414 g/mol. The second-order valence-electron chi connectivity index (χ2n) is 8.01. The number of rotatable bonds is 3. The number of fused-ring (bicyclic) bond motifs is 2. The molecule has 1 N–H and O–H groups in total. The fourth-order valence-electron chi connectivity index (χ4n) is 5.25. The van der Waals surface area contributed by atoms with Crippen LogP contribution < -0.4 is 9.47 Å². The van der Waals surface area contributed by atoms with Gasteiger partial charge in [0.25, 0.3) is 11.8 Å². The highest BCUT2D eigenvalue weighted by Gasteiger charge is 2.81. The lowest BCUT2D eigenvalue weighted by Gasteiger charge is -2.40. The molecule has 1 aromatic carbocycles. The van der Waals surface area contributed by atoms with Crippen molar-refractivity contribution < 1.29 is 24.2 Å². The molecule has 4 heterocycles. The third-order valence-corrected chi connectivity index (χ3v) is 10.9. The summed E-state index contributed by atoms with van der Waals surface area (Å²) >= 11 is 5.79. The number of aliphatic hydroxyl groups excluding tert-OH is 1. The lowest BCUT2D eigenvalue weighted by molar-refractivity contribution is -0.159. The Bertz CT molecular complexity index is 1040. The standard InChI is InChI=1S/C19H19N3O5S2/c1-17-15(24)22-14(11-3-4-12-13(7-11)27-10-26-12)18(9-20,5-6-23)8-19(22,29(17)28)16(25)21(17)2/h3-4,7,14,23H,5-6,8,10H2,1-2H3/t14?,17-,18+,19-,29?/m0/s1. The van der Waals surface area contributed by atoms with Crippen molar-refractivity contribution in [2.45, 2.75) is 35.5 Å². The van der Waals surface area contributed by atoms with Crippen LogP contribution in [0.5, 0.6) is 11.5 Å². The van der Waals surface area contributed by atoms with Gasteiger partial charge in [-0.3, -0.25) is 9.59 Å². The summed E-state index contributed by atoms with van der Waals surface area (Å²) < 4.78 is 10.9. The Morgan fingerprint density at radius 3 is 2.76 bits per heavy atom. The summed E-state index contributed by atoms with van der Waals surface area (Å²) in [5, 5.41) is 20.0. The maximum atomic E-state index is 13.6. The third-order valence-electron chi connectivity index (χ3n) is 6.78. The average Bonchev–Trinajstić information content (AvgIpc) is 3.37. The Morgan fingerprint density at radius 2 is 2.07 bits per heavy atom. The van der Waals surface area contributed by atoms with Crippen molar-refractivity contribution in [3.8, 4) is 17.6 Å². The molecule has 0 saturated carbocycles. The minimum absolute atomic E-state index is 0.104. The van der Waals surface area contributed by atoms with Crippen LogP contribution in [-0.2, 0) is 30.2 Å². The van der Waals surface area contributed by atoms with E-state index in [0.29, 0.717) is 17.1 Å². The zero-order chi connectivity index (χ0) is 20.8. The predicted molar refractivity (Wildman–Crippen MR) is 105 cm³/mol. The summed E-state index contributed by atoms with van der Waals surface area (Å²) in [6, 6.07) is 6.93. The average molecular weight is 434 g/mol. The quantitative estimate of drug-likeness (QED) is 0.743. The number of benzene rings is 1. The van der Waals surface area contributed by atoms with E-state index in [1.165, 1.54) is 4.90 Å². The van der Waals surface area contributed by atoms with Crippen LogP contribution in [0.25, 0.3) is 0 Å². The molecule has 1 aromatic rings. The minimum Gasteiger partial charge on any atom is -0.454 e. The van der Waals surface area contributed by atoms with Crippen LogP contribution in [0.4, 0.5) is 0 Å². The Labute approximate surface area is 174 Å². The number of ether oxygens (including phenoxy) is 2. The van der Waals surface area contributed by atoms with Gasteiger partial charge in [0.2, 0.25) is 6.79 Å². The highest BCUT2D eigenvalue weighted by Crippen LogP contribution is 2.66. The molecule has 0 aliphatic carbocycles. The van der Waals surface area contributed by atoms with Gasteiger partial charge in [-0.2, -0.15) is 5.26 Å². The molecule has 4 aliphatic heterocycles. The van der Waals surface area contributed by atoms with Gasteiger partial charge in [-0.05, 0) is 42.2 Å². The first-order valence-electron chi connectivity index (χ1n) is 9.23. The number of likely N-dealkylation sites (N-methyl/N-ethyl adjacent to an activating group) is 1. The summed E-state index contributed by atoms with van der Waals surface area (Å²) in [6.45, 7) is 1.58. The Morgan fingerprint density at radius 1 is 1.34 bits per heavy atom. The van der Waals surface area contributed by atoms with E-state index in [1.807, 2.05) is 0 Å². The molecule has 2 bridgehead atoms. The van der Waals surface area contributed by atoms with E-state index >= 15 is 0 Å². The van der Waals surface area contributed by atoms with E-state index in [-0.39, 0.29) is 38.1 Å². The normalized spacial score (nSPS) is 39.2. The molecule has 0 radical (unpaired) electrons. The summed E-state index contributed by atoms with van der Waals surface area (Å²) in [7, 11) is 0.572. The second-order valence-corrected chi connectivity index (χ2v) is 11.0. The second kappa shape index (κ2) is 5.68. The molecule has 1 spiro atoms. The van der Waals surface area contributed by atoms with Crippen LogP contribution in [0.15, 0.2) is 18.2 Å². The topological polar surface area (TPSA) is 103 Å². The van der Waals surface area contributed by atoms with Gasteiger partial charge in [-0.25, -0.2) is 0 Å². The van der Waals surface area contributed by atoms with Crippen LogP contribution in [0.2, 0.25) is 0 Å². The summed E-state index contributed by atoms with van der Waals surface area (Å²) in [4.78, 5) is 27.6. The third kappa shape index (κ3) is 1.89. The van der Waals surface area contributed by atoms with Gasteiger partial charge in [0, 0.05) is 20.1 Å². The fraction of sp³-hybridized carbons (Fsp3) is 0.526. The molecular formula is C19H19N3O5S2. The number of nitriles is 1. The largest absolute Gasteiger partial charge is 0.454 e. The minimum atomic E-state index is -1.23. The van der Waals surface area contributed by atoms with Crippen LogP contribution in [0, 0.1) is 16.7 Å². The van der Waals surface area contributed by atoms with Gasteiger partial charge in [0.05, 0.1) is 17.5 Å². The number of piperazine rings is 1. The zero-order valence-electron chi connectivity index (χ0n) is 15.9. The molecule has 10 heteroatoms. The first-order valence-corrected chi connectivity index (χ1v) is 11.4. The van der Waals surface area contributed by atoms with E-state index in [0.717, 1.165) is 0 Å². The SMILES string of the molecule is CN1C(=O)[C@@]23C[C@@](C#N)(CCO)C(c4ccc5c(c4)OCO5)N2C(=O)[C@]1(C)S3=S. The van der Waals surface area contributed by atoms with Crippen molar-refractivity contribution in [2.75, 3.05) is 20.4 Å². The Balaban J connectivity index is 1.75. The number of nitrogens with zero attached hydrogens (tertiary/aromatic N) is 3. The maximum absolute atomic E-state index is 13.6. The van der Waals surface area contributed by atoms with Crippen LogP contribution in [-0.4, -0.2) is 56.9 Å². The van der Waals surface area contributed by atoms with Gasteiger partial charge in [0.1, 0.15) is 0 Å². The molecule has 29 heavy (non-hydrogen) atoms. The fourth-order valence-corrected chi connectivity index (χ4v) is 8.73. The molecule has 8 nitrogen and oxygen atoms in total. The highest BCUT2D eigenvalue weighted by molar-refractivity contribution is 8.31. The van der Waals surface area contributed by atoms with Gasteiger partial charge >= 0.3 is 0 Å². The van der Waals surface area contributed by atoms with E-state index in [4.69, 9.17) is 20.7 Å². The zero-order valence-corrected chi connectivity index (χ0v) is 17.5. The van der Waals surface area contributed by atoms with E-state index < -0.39 is 30.7 Å². The van der Waals surface area contributed by atoms with Gasteiger partial charge in [-0.1, -0.05) is 15.5 Å². The number of carbonyl (C=O) groups is 2. The lowest BCUT2D eigenvalue weighted by Crippen LogP contribution is -2.60. The maximum Gasteiger partial charge on any atom is 0.261 e. The monoisotopic (exact) mass is 433 g/mol. The molecule has 5 rings (SSSR count). The summed E-state index contributed by atoms with van der Waals surface area (Å²) in [6.07, 6.45) is 0.252. The van der Waals surface area contributed by atoms with Crippen molar-refractivity contribution in [3.05, 3.63) is 23.8 Å². The van der Waals surface area contributed by atoms with Crippen molar-refractivity contribution in [3.63, 3.8) is 0 Å². The smallest absolute Gasteiger partial charge is 0.261 e. The molecule has 152 valence electrons. The number of hydrogen-bond donors (Lipinski definition) is 1. The predicted octanol–water partition coefficient (Wildman–Crippen LogP) is 0.559. The lowest BCUT2D eigenvalue weighted by atomic mass is 9.75. The van der Waals surface area contributed by atoms with Gasteiger partial charge in [0.15, 0.2) is 21.2 Å². The molecule has 5 atom stereocenters. The number of hydrogen-bond acceptors (Lipinski definition) is 7. The first kappa shape index (κ1) is 18.8. The number of amides is 2. The Kier molecular flexibility index (Phi) is 3.68. The van der Waals surface area contributed by atoms with E-state index in [2.05, 4.69) is 6.07 Å². The first-order chi connectivity index (χ1) is 13.8. The van der Waals surface area contributed by atoms with Gasteiger partial charge in [-0.15, -0.1) is 0 Å². The van der Waals surface area contributed by atoms with E-state index in [1.54, 1.807) is 37.1 Å². The summed E-state index contributed by atoms with van der Waals surface area (Å²) in [5.41, 5.74) is -0.460. The molecule has 3 saturated heterocycles. The van der Waals surface area contributed by atoms with Crippen molar-refractivity contribution in [2.24, 2.45) is 5.41 Å². The van der Waals surface area contributed by atoms with Crippen molar-refractivity contribution in [1.82, 2.24) is 9.80 Å². The van der Waals surface area contributed by atoms with Crippen LogP contribution in [0.1, 0.15) is 31.4 Å². The van der Waals surface area contributed by atoms with Gasteiger partial charge < -0.3 is 24.4 Å². The molecule has 3 fully saturated rings. The van der Waals surface area contributed by atoms with Crippen molar-refractivity contribution >= 4 is 32.5 Å². The van der Waals surface area contributed by atoms with Crippen LogP contribution in [0.3, 0.4) is 0 Å². The molecule has 2 unspecified atom stereocenters. The number of aliphatic hydroxyl groups is 1. The molecule has 4 aliphatic rings. The van der Waals surface area contributed by atoms with Crippen molar-refractivity contribution in [1.29, 1.82) is 5.26 Å².